The SMILES string of the molecule is COc1cc(-c2cc(C(=O)Nc3ccccc3)c3nccn3c2)cc(OC)c1OC. The molecule has 0 spiro atoms. The second-order valence-corrected chi connectivity index (χ2v) is 6.53. The summed E-state index contributed by atoms with van der Waals surface area (Å²) in [6.45, 7) is 0. The van der Waals surface area contributed by atoms with Crippen LogP contribution in [0.3, 0.4) is 0 Å². The third-order valence-electron chi connectivity index (χ3n) is 4.76. The molecule has 0 atom stereocenters. The van der Waals surface area contributed by atoms with Crippen LogP contribution in [-0.4, -0.2) is 36.6 Å². The van der Waals surface area contributed by atoms with Crippen LogP contribution in [0, 0.1) is 0 Å². The van der Waals surface area contributed by atoms with E-state index < -0.39 is 0 Å². The van der Waals surface area contributed by atoms with E-state index in [0.29, 0.717) is 34.1 Å². The van der Waals surface area contributed by atoms with Gasteiger partial charge < -0.3 is 23.9 Å². The summed E-state index contributed by atoms with van der Waals surface area (Å²) >= 11 is 0. The monoisotopic (exact) mass is 403 g/mol. The number of carbonyl (C=O) groups is 1. The average Bonchev–Trinajstić information content (AvgIpc) is 3.26. The lowest BCUT2D eigenvalue weighted by Gasteiger charge is -2.15. The number of para-hydroxylation sites is 1. The summed E-state index contributed by atoms with van der Waals surface area (Å²) < 4.78 is 18.2. The fourth-order valence-electron chi connectivity index (χ4n) is 3.33. The third kappa shape index (κ3) is 3.53. The highest BCUT2D eigenvalue weighted by Crippen LogP contribution is 2.41. The van der Waals surface area contributed by atoms with Gasteiger partial charge in [-0.3, -0.25) is 4.79 Å². The number of pyridine rings is 1. The van der Waals surface area contributed by atoms with Gasteiger partial charge in [-0.1, -0.05) is 18.2 Å². The Hall–Kier alpha value is -4.00. The average molecular weight is 403 g/mol. The fourth-order valence-corrected chi connectivity index (χ4v) is 3.33. The Labute approximate surface area is 173 Å². The van der Waals surface area contributed by atoms with Crippen molar-refractivity contribution in [2.24, 2.45) is 0 Å². The lowest BCUT2D eigenvalue weighted by atomic mass is 10.0. The normalized spacial score (nSPS) is 10.6. The maximum Gasteiger partial charge on any atom is 0.259 e. The minimum Gasteiger partial charge on any atom is -0.493 e. The molecule has 0 bridgehead atoms. The molecule has 4 aromatic rings. The fraction of sp³-hybridized carbons (Fsp3) is 0.130. The number of aromatic nitrogens is 2. The van der Waals surface area contributed by atoms with Crippen LogP contribution in [0.1, 0.15) is 10.4 Å². The first kappa shape index (κ1) is 19.3. The largest absolute Gasteiger partial charge is 0.493 e. The predicted molar refractivity (Wildman–Crippen MR) is 115 cm³/mol. The Kier molecular flexibility index (Phi) is 5.26. The molecule has 0 unspecified atom stereocenters. The van der Waals surface area contributed by atoms with Crippen molar-refractivity contribution in [3.63, 3.8) is 0 Å². The van der Waals surface area contributed by atoms with Crippen molar-refractivity contribution in [3.8, 4) is 28.4 Å². The number of carbonyl (C=O) groups excluding carboxylic acids is 1. The van der Waals surface area contributed by atoms with Gasteiger partial charge in [0.1, 0.15) is 5.65 Å². The van der Waals surface area contributed by atoms with Crippen molar-refractivity contribution in [3.05, 3.63) is 72.7 Å². The van der Waals surface area contributed by atoms with E-state index in [1.54, 1.807) is 39.8 Å². The van der Waals surface area contributed by atoms with Gasteiger partial charge in [0.2, 0.25) is 5.75 Å². The van der Waals surface area contributed by atoms with Crippen molar-refractivity contribution in [1.82, 2.24) is 9.38 Å². The minimum atomic E-state index is -0.244. The van der Waals surface area contributed by atoms with Crippen molar-refractivity contribution < 1.29 is 19.0 Å². The van der Waals surface area contributed by atoms with Crippen LogP contribution in [0.15, 0.2) is 67.1 Å². The summed E-state index contributed by atoms with van der Waals surface area (Å²) in [6, 6.07) is 14.8. The Bertz CT molecular complexity index is 1180. The summed E-state index contributed by atoms with van der Waals surface area (Å²) in [4.78, 5) is 17.4. The molecule has 1 N–H and O–H groups in total. The molecule has 2 aromatic heterocycles. The van der Waals surface area contributed by atoms with Crippen molar-refractivity contribution in [2.45, 2.75) is 0 Å². The number of hydrogen-bond donors (Lipinski definition) is 1. The standard InChI is InChI=1S/C23H21N3O4/c1-28-19-12-15(13-20(29-2)21(19)30-3)16-11-18(22-24-9-10-26(22)14-16)23(27)25-17-7-5-4-6-8-17/h4-14H,1-3H3,(H,25,27). The summed E-state index contributed by atoms with van der Waals surface area (Å²) in [5.74, 6) is 1.34. The van der Waals surface area contributed by atoms with E-state index in [1.807, 2.05) is 53.1 Å². The number of imidazole rings is 1. The second kappa shape index (κ2) is 8.16. The number of rotatable bonds is 6. The number of amides is 1. The molecule has 7 nitrogen and oxygen atoms in total. The third-order valence-corrected chi connectivity index (χ3v) is 4.76. The zero-order chi connectivity index (χ0) is 21.1. The molecule has 0 radical (unpaired) electrons. The molecule has 1 amide bonds. The van der Waals surface area contributed by atoms with Gasteiger partial charge in [0.15, 0.2) is 11.5 Å². The van der Waals surface area contributed by atoms with E-state index in [-0.39, 0.29) is 5.91 Å². The summed E-state index contributed by atoms with van der Waals surface area (Å²) in [5.41, 5.74) is 3.35. The van der Waals surface area contributed by atoms with Gasteiger partial charge in [-0.2, -0.15) is 0 Å². The van der Waals surface area contributed by atoms with E-state index in [2.05, 4.69) is 10.3 Å². The first-order valence-electron chi connectivity index (χ1n) is 9.28. The Morgan fingerprint density at radius 1 is 0.933 bits per heavy atom. The Morgan fingerprint density at radius 3 is 2.27 bits per heavy atom. The molecule has 2 aromatic carbocycles. The van der Waals surface area contributed by atoms with Gasteiger partial charge in [0.25, 0.3) is 5.91 Å². The number of nitrogens with one attached hydrogen (secondary N) is 1. The van der Waals surface area contributed by atoms with Crippen LogP contribution in [0.4, 0.5) is 5.69 Å². The van der Waals surface area contributed by atoms with E-state index in [4.69, 9.17) is 14.2 Å². The molecule has 0 aliphatic carbocycles. The molecule has 152 valence electrons. The molecule has 0 aliphatic heterocycles. The molecular formula is C23H21N3O4. The smallest absolute Gasteiger partial charge is 0.259 e. The van der Waals surface area contributed by atoms with Gasteiger partial charge in [-0.15, -0.1) is 0 Å². The zero-order valence-corrected chi connectivity index (χ0v) is 16.9. The first-order valence-corrected chi connectivity index (χ1v) is 9.28. The van der Waals surface area contributed by atoms with Crippen LogP contribution in [0.25, 0.3) is 16.8 Å². The van der Waals surface area contributed by atoms with Crippen molar-refractivity contribution in [1.29, 1.82) is 0 Å². The maximum atomic E-state index is 13.0. The molecule has 0 saturated carbocycles. The van der Waals surface area contributed by atoms with Crippen LogP contribution in [0.2, 0.25) is 0 Å². The quantitative estimate of drug-likeness (QED) is 0.520. The lowest BCUT2D eigenvalue weighted by molar-refractivity contribution is 0.102. The minimum absolute atomic E-state index is 0.244. The number of hydrogen-bond acceptors (Lipinski definition) is 5. The molecule has 0 aliphatic rings. The molecule has 0 saturated heterocycles. The van der Waals surface area contributed by atoms with Gasteiger partial charge in [0, 0.05) is 24.3 Å². The predicted octanol–water partition coefficient (Wildman–Crippen LogP) is 4.28. The van der Waals surface area contributed by atoms with Gasteiger partial charge >= 0.3 is 0 Å². The highest BCUT2D eigenvalue weighted by molar-refractivity contribution is 6.09. The van der Waals surface area contributed by atoms with Crippen molar-refractivity contribution in [2.75, 3.05) is 26.6 Å². The number of benzene rings is 2. The van der Waals surface area contributed by atoms with Gasteiger partial charge in [-0.05, 0) is 41.5 Å². The first-order chi connectivity index (χ1) is 14.6. The topological polar surface area (TPSA) is 74.1 Å². The molecule has 0 fully saturated rings. The van der Waals surface area contributed by atoms with Crippen LogP contribution < -0.4 is 19.5 Å². The van der Waals surface area contributed by atoms with Crippen LogP contribution in [-0.2, 0) is 0 Å². The number of anilines is 1. The Balaban J connectivity index is 1.82. The molecular weight excluding hydrogens is 382 g/mol. The van der Waals surface area contributed by atoms with Crippen LogP contribution in [0.5, 0.6) is 17.2 Å². The molecule has 2 heterocycles. The zero-order valence-electron chi connectivity index (χ0n) is 16.9. The lowest BCUT2D eigenvalue weighted by Crippen LogP contribution is -2.13. The van der Waals surface area contributed by atoms with E-state index in [0.717, 1.165) is 11.1 Å². The number of ether oxygens (including phenoxy) is 3. The maximum absolute atomic E-state index is 13.0. The number of nitrogens with zero attached hydrogens (tertiary/aromatic N) is 2. The highest BCUT2D eigenvalue weighted by atomic mass is 16.5. The second-order valence-electron chi connectivity index (χ2n) is 6.53. The van der Waals surface area contributed by atoms with Crippen LogP contribution >= 0.6 is 0 Å². The summed E-state index contributed by atoms with van der Waals surface area (Å²) in [7, 11) is 4.70. The van der Waals surface area contributed by atoms with Gasteiger partial charge in [-0.25, -0.2) is 4.98 Å². The molecule has 7 heteroatoms. The highest BCUT2D eigenvalue weighted by Gasteiger charge is 2.18. The van der Waals surface area contributed by atoms with Gasteiger partial charge in [0.05, 0.1) is 26.9 Å². The molecule has 4 rings (SSSR count). The summed E-state index contributed by atoms with van der Waals surface area (Å²) in [6.07, 6.45) is 5.37. The van der Waals surface area contributed by atoms with Crippen molar-refractivity contribution >= 4 is 17.2 Å². The molecule has 30 heavy (non-hydrogen) atoms. The van der Waals surface area contributed by atoms with E-state index >= 15 is 0 Å². The number of fused-ring (bicyclic) bond motifs is 1. The van der Waals surface area contributed by atoms with E-state index in [1.165, 1.54) is 0 Å². The summed E-state index contributed by atoms with van der Waals surface area (Å²) in [5, 5.41) is 2.92. The Morgan fingerprint density at radius 2 is 1.63 bits per heavy atom. The van der Waals surface area contributed by atoms with E-state index in [9.17, 15) is 4.79 Å². The number of methoxy groups -OCH3 is 3.